The normalized spacial score (nSPS) is 12.2. The van der Waals surface area contributed by atoms with Crippen molar-refractivity contribution < 1.29 is 22.7 Å². The summed E-state index contributed by atoms with van der Waals surface area (Å²) in [4.78, 5) is 24.2. The Balaban J connectivity index is 1.90. The molecule has 2 rings (SSSR count). The highest BCUT2D eigenvalue weighted by molar-refractivity contribution is 9.10. The maximum Gasteiger partial charge on any atom is 0.251 e. The fourth-order valence-corrected chi connectivity index (χ4v) is 4.06. The highest BCUT2D eigenvalue weighted by atomic mass is 79.9. The van der Waals surface area contributed by atoms with Gasteiger partial charge in [0.25, 0.3) is 5.91 Å². The van der Waals surface area contributed by atoms with E-state index in [1.807, 2.05) is 0 Å². The summed E-state index contributed by atoms with van der Waals surface area (Å²) in [6.45, 7) is 1.72. The zero-order valence-electron chi connectivity index (χ0n) is 15.9. The molecule has 0 spiro atoms. The van der Waals surface area contributed by atoms with Crippen molar-refractivity contribution >= 4 is 43.5 Å². The van der Waals surface area contributed by atoms with Crippen molar-refractivity contribution in [2.45, 2.75) is 17.9 Å². The van der Waals surface area contributed by atoms with Gasteiger partial charge in [-0.3, -0.25) is 9.59 Å². The highest BCUT2D eigenvalue weighted by Gasteiger charge is 2.17. The molecule has 0 radical (unpaired) electrons. The van der Waals surface area contributed by atoms with Gasteiger partial charge < -0.3 is 15.4 Å². The maximum absolute atomic E-state index is 12.3. The first-order chi connectivity index (χ1) is 13.7. The molecule has 0 aliphatic rings. The Morgan fingerprint density at radius 1 is 1.14 bits per heavy atom. The average molecular weight is 484 g/mol. The molecule has 156 valence electrons. The molecule has 0 aliphatic heterocycles. The second-order valence-corrected chi connectivity index (χ2v) is 8.87. The molecular weight excluding hydrogens is 462 g/mol. The minimum atomic E-state index is -3.69. The SMILES string of the molecule is COCC(C)NS(=O)(=O)c1ccc(NC(=O)CNC(=O)c2cccc(Br)c2)cc1. The van der Waals surface area contributed by atoms with Crippen LogP contribution in [-0.4, -0.2) is 46.5 Å². The van der Waals surface area contributed by atoms with Crippen molar-refractivity contribution in [1.82, 2.24) is 10.0 Å². The second-order valence-electron chi connectivity index (χ2n) is 6.24. The van der Waals surface area contributed by atoms with Crippen LogP contribution in [0.2, 0.25) is 0 Å². The lowest BCUT2D eigenvalue weighted by Gasteiger charge is -2.13. The van der Waals surface area contributed by atoms with Crippen LogP contribution in [0.25, 0.3) is 0 Å². The van der Waals surface area contributed by atoms with Crippen molar-refractivity contribution in [3.63, 3.8) is 0 Å². The van der Waals surface area contributed by atoms with Gasteiger partial charge in [0.2, 0.25) is 15.9 Å². The average Bonchev–Trinajstić information content (AvgIpc) is 2.66. The zero-order valence-corrected chi connectivity index (χ0v) is 18.3. The predicted molar refractivity (Wildman–Crippen MR) is 113 cm³/mol. The molecule has 1 unspecified atom stereocenters. The van der Waals surface area contributed by atoms with E-state index in [-0.39, 0.29) is 30.0 Å². The number of ether oxygens (including phenoxy) is 1. The van der Waals surface area contributed by atoms with Crippen LogP contribution in [0.5, 0.6) is 0 Å². The van der Waals surface area contributed by atoms with Crippen LogP contribution >= 0.6 is 15.9 Å². The summed E-state index contributed by atoms with van der Waals surface area (Å²) >= 11 is 3.28. The molecule has 0 bridgehead atoms. The van der Waals surface area contributed by atoms with Crippen molar-refractivity contribution in [3.8, 4) is 0 Å². The van der Waals surface area contributed by atoms with Gasteiger partial charge in [-0.05, 0) is 49.4 Å². The van der Waals surface area contributed by atoms with Gasteiger partial charge in [-0.15, -0.1) is 0 Å². The molecule has 0 aromatic heterocycles. The number of carbonyl (C=O) groups excluding carboxylic acids is 2. The molecule has 0 saturated heterocycles. The number of hydrogen-bond acceptors (Lipinski definition) is 5. The van der Waals surface area contributed by atoms with E-state index in [1.165, 1.54) is 31.4 Å². The van der Waals surface area contributed by atoms with Crippen molar-refractivity contribution in [1.29, 1.82) is 0 Å². The van der Waals surface area contributed by atoms with Crippen molar-refractivity contribution in [2.24, 2.45) is 0 Å². The third kappa shape index (κ3) is 7.24. The number of hydrogen-bond donors (Lipinski definition) is 3. The van der Waals surface area contributed by atoms with Gasteiger partial charge in [0.15, 0.2) is 0 Å². The largest absolute Gasteiger partial charge is 0.383 e. The summed E-state index contributed by atoms with van der Waals surface area (Å²) in [5.74, 6) is -0.810. The summed E-state index contributed by atoms with van der Waals surface area (Å²) in [6, 6.07) is 12.1. The molecule has 0 saturated carbocycles. The van der Waals surface area contributed by atoms with E-state index in [1.54, 1.807) is 31.2 Å². The lowest BCUT2D eigenvalue weighted by Crippen LogP contribution is -2.35. The minimum Gasteiger partial charge on any atom is -0.383 e. The van der Waals surface area contributed by atoms with E-state index in [9.17, 15) is 18.0 Å². The number of halogens is 1. The molecule has 0 heterocycles. The van der Waals surface area contributed by atoms with E-state index in [4.69, 9.17) is 4.74 Å². The zero-order chi connectivity index (χ0) is 21.4. The minimum absolute atomic E-state index is 0.0707. The topological polar surface area (TPSA) is 114 Å². The van der Waals surface area contributed by atoms with Crippen LogP contribution in [0, 0.1) is 0 Å². The fraction of sp³-hybridized carbons (Fsp3) is 0.263. The van der Waals surface area contributed by atoms with Gasteiger partial charge in [0.05, 0.1) is 18.0 Å². The number of anilines is 1. The van der Waals surface area contributed by atoms with Gasteiger partial charge in [-0.2, -0.15) is 0 Å². The number of methoxy groups -OCH3 is 1. The Morgan fingerprint density at radius 3 is 2.45 bits per heavy atom. The molecule has 2 aromatic rings. The summed E-state index contributed by atoms with van der Waals surface area (Å²) in [7, 11) is -2.20. The third-order valence-electron chi connectivity index (χ3n) is 3.72. The molecule has 2 aromatic carbocycles. The van der Waals surface area contributed by atoms with E-state index in [2.05, 4.69) is 31.3 Å². The molecule has 1 atom stereocenters. The first-order valence-corrected chi connectivity index (χ1v) is 10.9. The molecule has 8 nitrogen and oxygen atoms in total. The van der Waals surface area contributed by atoms with Crippen LogP contribution in [0.4, 0.5) is 5.69 Å². The van der Waals surface area contributed by atoms with Gasteiger partial charge >= 0.3 is 0 Å². The number of nitrogens with one attached hydrogen (secondary N) is 3. The van der Waals surface area contributed by atoms with Crippen LogP contribution in [0.3, 0.4) is 0 Å². The Labute approximate surface area is 178 Å². The summed E-state index contributed by atoms with van der Waals surface area (Å²) in [5.41, 5.74) is 0.840. The molecule has 0 aliphatic carbocycles. The summed E-state index contributed by atoms with van der Waals surface area (Å²) in [6.07, 6.45) is 0. The smallest absolute Gasteiger partial charge is 0.251 e. The third-order valence-corrected chi connectivity index (χ3v) is 5.82. The Hall–Kier alpha value is -2.27. The van der Waals surface area contributed by atoms with E-state index >= 15 is 0 Å². The van der Waals surface area contributed by atoms with Crippen molar-refractivity contribution in [3.05, 3.63) is 58.6 Å². The van der Waals surface area contributed by atoms with E-state index in [0.29, 0.717) is 11.3 Å². The number of amides is 2. The van der Waals surface area contributed by atoms with Gasteiger partial charge in [0, 0.05) is 28.9 Å². The number of benzene rings is 2. The summed E-state index contributed by atoms with van der Waals surface area (Å²) < 4.78 is 32.7. The van der Waals surface area contributed by atoms with Crippen LogP contribution in [0.15, 0.2) is 57.9 Å². The van der Waals surface area contributed by atoms with Gasteiger partial charge in [0.1, 0.15) is 0 Å². The fourth-order valence-electron chi connectivity index (χ4n) is 2.43. The highest BCUT2D eigenvalue weighted by Crippen LogP contribution is 2.15. The van der Waals surface area contributed by atoms with Crippen LogP contribution in [-0.2, 0) is 19.6 Å². The molecular formula is C19H22BrN3O5S. The number of carbonyl (C=O) groups is 2. The molecule has 2 amide bonds. The van der Waals surface area contributed by atoms with Gasteiger partial charge in [-0.25, -0.2) is 13.1 Å². The van der Waals surface area contributed by atoms with Crippen LogP contribution < -0.4 is 15.4 Å². The van der Waals surface area contributed by atoms with Crippen LogP contribution in [0.1, 0.15) is 17.3 Å². The maximum atomic E-state index is 12.3. The molecule has 3 N–H and O–H groups in total. The second kappa shape index (κ2) is 10.5. The standard InChI is InChI=1S/C19H22BrN3O5S/c1-13(12-28-2)23-29(26,27)17-8-6-16(7-9-17)22-18(24)11-21-19(25)14-4-3-5-15(20)10-14/h3-10,13,23H,11-12H2,1-2H3,(H,21,25)(H,22,24). The molecule has 10 heteroatoms. The molecule has 0 fully saturated rings. The number of sulfonamides is 1. The van der Waals surface area contributed by atoms with Gasteiger partial charge in [-0.1, -0.05) is 22.0 Å². The monoisotopic (exact) mass is 483 g/mol. The van der Waals surface area contributed by atoms with E-state index in [0.717, 1.165) is 4.47 Å². The Kier molecular flexibility index (Phi) is 8.32. The van der Waals surface area contributed by atoms with Crippen molar-refractivity contribution in [2.75, 3.05) is 25.6 Å². The quantitative estimate of drug-likeness (QED) is 0.505. The first kappa shape index (κ1) is 23.0. The molecule has 29 heavy (non-hydrogen) atoms. The lowest BCUT2D eigenvalue weighted by atomic mass is 10.2. The Bertz CT molecular complexity index is 964. The summed E-state index contributed by atoms with van der Waals surface area (Å²) in [5, 5.41) is 5.13. The van der Waals surface area contributed by atoms with E-state index < -0.39 is 15.9 Å². The number of rotatable bonds is 9. The Morgan fingerprint density at radius 2 is 1.83 bits per heavy atom. The lowest BCUT2D eigenvalue weighted by molar-refractivity contribution is -0.115. The predicted octanol–water partition coefficient (Wildman–Crippen LogP) is 2.13. The first-order valence-electron chi connectivity index (χ1n) is 8.66.